The molecule has 1 heterocycles. The van der Waals surface area contributed by atoms with Crippen LogP contribution in [0.15, 0.2) is 47.4 Å². The van der Waals surface area contributed by atoms with Gasteiger partial charge in [-0.3, -0.25) is 19.3 Å². The monoisotopic (exact) mass is 452 g/mol. The van der Waals surface area contributed by atoms with Crippen LogP contribution in [0, 0.1) is 5.82 Å². The highest BCUT2D eigenvalue weighted by Gasteiger charge is 2.36. The molecule has 0 bridgehead atoms. The molecule has 3 rings (SSSR count). The molecule has 162 valence electrons. The van der Waals surface area contributed by atoms with Crippen LogP contribution in [0.3, 0.4) is 0 Å². The molecule has 0 unspecified atom stereocenters. The van der Waals surface area contributed by atoms with Crippen LogP contribution < -0.4 is 14.8 Å². The van der Waals surface area contributed by atoms with E-state index < -0.39 is 36.0 Å². The predicted octanol–water partition coefficient (Wildman–Crippen LogP) is 4.11. The number of rotatable bonds is 7. The van der Waals surface area contributed by atoms with Gasteiger partial charge in [-0.1, -0.05) is 6.07 Å². The van der Waals surface area contributed by atoms with Gasteiger partial charge in [0, 0.05) is 5.69 Å². The minimum atomic E-state index is -3.03. The lowest BCUT2D eigenvalue weighted by molar-refractivity contribution is -0.127. The lowest BCUT2D eigenvalue weighted by atomic mass is 10.2. The number of hydrogen-bond donors (Lipinski definition) is 1. The Morgan fingerprint density at radius 1 is 1.16 bits per heavy atom. The van der Waals surface area contributed by atoms with Gasteiger partial charge in [0.2, 0.25) is 5.91 Å². The molecular weight excluding hydrogens is 437 g/mol. The number of carbonyl (C=O) groups excluding carboxylic acids is 3. The van der Waals surface area contributed by atoms with Crippen molar-refractivity contribution in [3.8, 4) is 11.5 Å². The molecule has 3 amide bonds. The number of carbonyl (C=O) groups is 3. The third kappa shape index (κ3) is 5.57. The van der Waals surface area contributed by atoms with E-state index in [1.165, 1.54) is 43.5 Å². The third-order valence-electron chi connectivity index (χ3n) is 4.00. The first-order chi connectivity index (χ1) is 14.8. The maximum Gasteiger partial charge on any atom is 0.387 e. The van der Waals surface area contributed by atoms with Gasteiger partial charge in [-0.05, 0) is 59.8 Å². The zero-order valence-corrected chi connectivity index (χ0v) is 16.8. The van der Waals surface area contributed by atoms with E-state index >= 15 is 0 Å². The first-order valence-electron chi connectivity index (χ1n) is 8.70. The largest absolute Gasteiger partial charge is 0.493 e. The van der Waals surface area contributed by atoms with Crippen LogP contribution in [0.4, 0.5) is 23.7 Å². The molecule has 1 N–H and O–H groups in total. The van der Waals surface area contributed by atoms with E-state index in [9.17, 15) is 27.6 Å². The van der Waals surface area contributed by atoms with E-state index in [2.05, 4.69) is 10.1 Å². The Morgan fingerprint density at radius 3 is 2.52 bits per heavy atom. The summed E-state index contributed by atoms with van der Waals surface area (Å²) in [5.41, 5.74) is 0.715. The number of nitrogens with zero attached hydrogens (tertiary/aromatic N) is 1. The Bertz CT molecular complexity index is 1040. The van der Waals surface area contributed by atoms with E-state index in [0.717, 1.165) is 17.0 Å². The molecule has 2 aromatic rings. The topological polar surface area (TPSA) is 84.9 Å². The molecule has 0 saturated carbocycles. The van der Waals surface area contributed by atoms with Gasteiger partial charge < -0.3 is 14.8 Å². The fraction of sp³-hybridized carbons (Fsp3) is 0.150. The summed E-state index contributed by atoms with van der Waals surface area (Å²) in [6.07, 6.45) is 1.37. The van der Waals surface area contributed by atoms with Crippen molar-refractivity contribution in [2.45, 2.75) is 6.61 Å². The number of alkyl halides is 2. The van der Waals surface area contributed by atoms with Crippen molar-refractivity contribution in [3.05, 3.63) is 58.8 Å². The van der Waals surface area contributed by atoms with Crippen LogP contribution in [-0.2, 0) is 9.59 Å². The fourth-order valence-electron chi connectivity index (χ4n) is 2.63. The highest BCUT2D eigenvalue weighted by molar-refractivity contribution is 8.18. The summed E-state index contributed by atoms with van der Waals surface area (Å²) in [5.74, 6) is -1.95. The average Bonchev–Trinajstić information content (AvgIpc) is 2.97. The SMILES string of the molecule is COc1cc(/C=C2\SC(=O)N(CC(=O)Nc3ccc(F)cc3)C2=O)ccc1OC(F)F. The quantitative estimate of drug-likeness (QED) is 0.637. The maximum absolute atomic E-state index is 12.9. The Labute approximate surface area is 178 Å². The van der Waals surface area contributed by atoms with Crippen LogP contribution in [0.1, 0.15) is 5.56 Å². The molecule has 1 aliphatic heterocycles. The molecule has 0 atom stereocenters. The van der Waals surface area contributed by atoms with Crippen LogP contribution >= 0.6 is 11.8 Å². The molecule has 1 fully saturated rings. The normalized spacial score (nSPS) is 15.0. The van der Waals surface area contributed by atoms with Crippen molar-refractivity contribution in [2.24, 2.45) is 0 Å². The van der Waals surface area contributed by atoms with Crippen LogP contribution in [0.5, 0.6) is 11.5 Å². The summed E-state index contributed by atoms with van der Waals surface area (Å²) in [6, 6.07) is 9.03. The Balaban J connectivity index is 1.71. The summed E-state index contributed by atoms with van der Waals surface area (Å²) in [7, 11) is 1.27. The van der Waals surface area contributed by atoms with E-state index in [1.807, 2.05) is 0 Å². The molecule has 2 aromatic carbocycles. The summed E-state index contributed by atoms with van der Waals surface area (Å²) in [6.45, 7) is -3.55. The lowest BCUT2D eigenvalue weighted by Crippen LogP contribution is -2.36. The van der Waals surface area contributed by atoms with Crippen molar-refractivity contribution < 1.29 is 37.0 Å². The predicted molar refractivity (Wildman–Crippen MR) is 107 cm³/mol. The van der Waals surface area contributed by atoms with Gasteiger partial charge in [0.15, 0.2) is 11.5 Å². The zero-order chi connectivity index (χ0) is 22.5. The molecule has 0 aliphatic carbocycles. The van der Waals surface area contributed by atoms with Crippen molar-refractivity contribution >= 4 is 40.6 Å². The summed E-state index contributed by atoms with van der Waals surface area (Å²) >= 11 is 0.632. The number of thioether (sulfide) groups is 1. The molecule has 31 heavy (non-hydrogen) atoms. The molecule has 7 nitrogen and oxygen atoms in total. The number of benzene rings is 2. The minimum Gasteiger partial charge on any atom is -0.493 e. The smallest absolute Gasteiger partial charge is 0.387 e. The second kappa shape index (κ2) is 9.56. The van der Waals surface area contributed by atoms with Crippen LogP contribution in [0.2, 0.25) is 0 Å². The number of imide groups is 1. The van der Waals surface area contributed by atoms with Gasteiger partial charge in [-0.2, -0.15) is 8.78 Å². The van der Waals surface area contributed by atoms with Gasteiger partial charge in [0.1, 0.15) is 12.4 Å². The molecule has 1 saturated heterocycles. The number of methoxy groups -OCH3 is 1. The van der Waals surface area contributed by atoms with Gasteiger partial charge in [0.25, 0.3) is 11.1 Å². The van der Waals surface area contributed by atoms with Crippen LogP contribution in [-0.4, -0.2) is 42.2 Å². The Kier molecular flexibility index (Phi) is 6.85. The first-order valence-corrected chi connectivity index (χ1v) is 9.52. The van der Waals surface area contributed by atoms with Crippen molar-refractivity contribution in [1.29, 1.82) is 0 Å². The lowest BCUT2D eigenvalue weighted by Gasteiger charge is -2.12. The van der Waals surface area contributed by atoms with Gasteiger partial charge in [-0.15, -0.1) is 0 Å². The molecule has 1 aliphatic rings. The standard InChI is InChI=1S/C20H15F3N2O5S/c1-29-15-8-11(2-7-14(15)30-19(22)23)9-16-18(27)25(20(28)31-16)10-17(26)24-13-5-3-12(21)4-6-13/h2-9,19H,10H2,1H3,(H,24,26)/b16-9-. The van der Waals surface area contributed by atoms with Crippen molar-refractivity contribution in [2.75, 3.05) is 19.0 Å². The Morgan fingerprint density at radius 2 is 1.87 bits per heavy atom. The third-order valence-corrected chi connectivity index (χ3v) is 4.91. The highest BCUT2D eigenvalue weighted by atomic mass is 32.2. The number of halogens is 3. The molecule has 0 radical (unpaired) electrons. The highest BCUT2D eigenvalue weighted by Crippen LogP contribution is 2.35. The van der Waals surface area contributed by atoms with Gasteiger partial charge in [0.05, 0.1) is 12.0 Å². The van der Waals surface area contributed by atoms with E-state index in [4.69, 9.17) is 4.74 Å². The summed E-state index contributed by atoms with van der Waals surface area (Å²) in [5, 5.41) is 1.82. The number of nitrogens with one attached hydrogen (secondary N) is 1. The second-order valence-corrected chi connectivity index (χ2v) is 7.10. The molecule has 0 aromatic heterocycles. The minimum absolute atomic E-state index is 0.0203. The maximum atomic E-state index is 12.9. The number of amides is 3. The number of anilines is 1. The summed E-state index contributed by atoms with van der Waals surface area (Å²) < 4.78 is 47.1. The average molecular weight is 452 g/mol. The van der Waals surface area contributed by atoms with Gasteiger partial charge >= 0.3 is 6.61 Å². The van der Waals surface area contributed by atoms with E-state index in [0.29, 0.717) is 23.0 Å². The second-order valence-electron chi connectivity index (χ2n) is 6.11. The number of hydrogen-bond acceptors (Lipinski definition) is 6. The summed E-state index contributed by atoms with van der Waals surface area (Å²) in [4.78, 5) is 37.7. The zero-order valence-electron chi connectivity index (χ0n) is 15.9. The first kappa shape index (κ1) is 22.2. The molecule has 0 spiro atoms. The van der Waals surface area contributed by atoms with E-state index in [-0.39, 0.29) is 16.4 Å². The van der Waals surface area contributed by atoms with Crippen molar-refractivity contribution in [3.63, 3.8) is 0 Å². The van der Waals surface area contributed by atoms with Crippen LogP contribution in [0.25, 0.3) is 6.08 Å². The number of ether oxygens (including phenoxy) is 2. The van der Waals surface area contributed by atoms with Crippen molar-refractivity contribution in [1.82, 2.24) is 4.90 Å². The van der Waals surface area contributed by atoms with Gasteiger partial charge in [-0.25, -0.2) is 4.39 Å². The molecule has 11 heteroatoms. The Hall–Kier alpha value is -3.47. The van der Waals surface area contributed by atoms with E-state index in [1.54, 1.807) is 0 Å². The fourth-order valence-corrected chi connectivity index (χ4v) is 3.47. The molecular formula is C20H15F3N2O5S.